The Labute approximate surface area is 158 Å². The molecule has 2 heterocycles. The van der Waals surface area contributed by atoms with Crippen LogP contribution in [0.5, 0.6) is 11.5 Å². The number of hydrogen-bond acceptors (Lipinski definition) is 6. The van der Waals surface area contributed by atoms with Gasteiger partial charge in [0.25, 0.3) is 0 Å². The molecule has 6 heteroatoms. The first-order valence-electron chi connectivity index (χ1n) is 9.11. The number of para-hydroxylation sites is 2. The molecule has 27 heavy (non-hydrogen) atoms. The summed E-state index contributed by atoms with van der Waals surface area (Å²) in [5.41, 5.74) is 2.67. The summed E-state index contributed by atoms with van der Waals surface area (Å²) < 4.78 is 17.1. The van der Waals surface area contributed by atoms with Gasteiger partial charge in [-0.05, 0) is 29.7 Å². The quantitative estimate of drug-likeness (QED) is 0.666. The molecule has 0 aliphatic carbocycles. The largest absolute Gasteiger partial charge is 0.493 e. The fourth-order valence-electron chi connectivity index (χ4n) is 3.51. The highest BCUT2D eigenvalue weighted by Crippen LogP contribution is 2.32. The van der Waals surface area contributed by atoms with Crippen LogP contribution < -0.4 is 9.47 Å². The summed E-state index contributed by atoms with van der Waals surface area (Å²) >= 11 is 0. The number of hydrogen-bond donors (Lipinski definition) is 0. The molecule has 0 radical (unpaired) electrons. The first-order chi connectivity index (χ1) is 13.2. The maximum Gasteiger partial charge on any atom is 0.233 e. The van der Waals surface area contributed by atoms with Crippen LogP contribution in [-0.2, 0) is 13.0 Å². The number of aryl methyl sites for hydroxylation is 1. The van der Waals surface area contributed by atoms with E-state index in [0.29, 0.717) is 18.4 Å². The molecule has 4 rings (SSSR count). The van der Waals surface area contributed by atoms with E-state index in [-0.39, 0.29) is 6.04 Å². The first-order valence-corrected chi connectivity index (χ1v) is 9.11. The van der Waals surface area contributed by atoms with E-state index in [1.807, 2.05) is 31.2 Å². The van der Waals surface area contributed by atoms with Crippen molar-refractivity contribution >= 4 is 0 Å². The minimum absolute atomic E-state index is 0.0577. The van der Waals surface area contributed by atoms with Crippen LogP contribution in [0, 0.1) is 6.92 Å². The number of ether oxygens (including phenoxy) is 2. The minimum atomic E-state index is 0.0577. The summed E-state index contributed by atoms with van der Waals surface area (Å²) in [4.78, 5) is 2.34. The van der Waals surface area contributed by atoms with Crippen molar-refractivity contribution in [1.82, 2.24) is 15.1 Å². The van der Waals surface area contributed by atoms with Crippen LogP contribution in [0.25, 0.3) is 0 Å². The Bertz CT molecular complexity index is 909. The van der Waals surface area contributed by atoms with Crippen molar-refractivity contribution in [3.63, 3.8) is 0 Å². The molecular formula is C21H23N3O3. The van der Waals surface area contributed by atoms with Gasteiger partial charge < -0.3 is 13.9 Å². The Kier molecular flexibility index (Phi) is 5.07. The van der Waals surface area contributed by atoms with E-state index < -0.39 is 0 Å². The number of aromatic nitrogens is 2. The Morgan fingerprint density at radius 1 is 1.04 bits per heavy atom. The van der Waals surface area contributed by atoms with Gasteiger partial charge in [-0.3, -0.25) is 4.90 Å². The lowest BCUT2D eigenvalue weighted by Gasteiger charge is -2.34. The van der Waals surface area contributed by atoms with Gasteiger partial charge in [-0.1, -0.05) is 36.4 Å². The lowest BCUT2D eigenvalue weighted by molar-refractivity contribution is 0.119. The van der Waals surface area contributed by atoms with Gasteiger partial charge in [-0.25, -0.2) is 0 Å². The summed E-state index contributed by atoms with van der Waals surface area (Å²) in [5, 5.41) is 8.28. The zero-order valence-corrected chi connectivity index (χ0v) is 15.6. The number of fused-ring (bicyclic) bond motifs is 1. The maximum absolute atomic E-state index is 5.97. The van der Waals surface area contributed by atoms with E-state index in [1.54, 1.807) is 7.11 Å². The molecule has 1 aliphatic heterocycles. The van der Waals surface area contributed by atoms with Crippen LogP contribution in [0.3, 0.4) is 0 Å². The predicted molar refractivity (Wildman–Crippen MR) is 101 cm³/mol. The molecule has 140 valence electrons. The normalized spacial score (nSPS) is 16.7. The van der Waals surface area contributed by atoms with E-state index in [0.717, 1.165) is 31.0 Å². The molecule has 0 bridgehead atoms. The average molecular weight is 365 g/mol. The molecule has 1 atom stereocenters. The van der Waals surface area contributed by atoms with Crippen LogP contribution in [0.2, 0.25) is 0 Å². The zero-order chi connectivity index (χ0) is 18.6. The summed E-state index contributed by atoms with van der Waals surface area (Å²) in [6.07, 6.45) is 0.854. The molecule has 0 spiro atoms. The topological polar surface area (TPSA) is 60.6 Å². The van der Waals surface area contributed by atoms with Crippen molar-refractivity contribution in [1.29, 1.82) is 0 Å². The molecule has 3 aromatic rings. The Morgan fingerprint density at radius 2 is 1.78 bits per heavy atom. The van der Waals surface area contributed by atoms with Crippen LogP contribution in [0.4, 0.5) is 0 Å². The van der Waals surface area contributed by atoms with Crippen molar-refractivity contribution in [2.45, 2.75) is 25.9 Å². The molecular weight excluding hydrogens is 342 g/mol. The molecule has 6 nitrogen and oxygen atoms in total. The van der Waals surface area contributed by atoms with Gasteiger partial charge in [-0.15, -0.1) is 10.2 Å². The molecule has 0 amide bonds. The third-order valence-electron chi connectivity index (χ3n) is 4.88. The van der Waals surface area contributed by atoms with E-state index in [2.05, 4.69) is 39.4 Å². The lowest BCUT2D eigenvalue weighted by Crippen LogP contribution is -2.37. The molecule has 1 aromatic heterocycles. The fourth-order valence-corrected chi connectivity index (χ4v) is 3.51. The second kappa shape index (κ2) is 7.80. The highest BCUT2D eigenvalue weighted by Gasteiger charge is 2.30. The van der Waals surface area contributed by atoms with Crippen LogP contribution in [-0.4, -0.2) is 35.4 Å². The molecule has 0 saturated carbocycles. The molecule has 1 aliphatic rings. The highest BCUT2D eigenvalue weighted by atomic mass is 16.5. The van der Waals surface area contributed by atoms with Crippen molar-refractivity contribution in [3.05, 3.63) is 71.4 Å². The van der Waals surface area contributed by atoms with Gasteiger partial charge in [0, 0.05) is 20.0 Å². The summed E-state index contributed by atoms with van der Waals surface area (Å²) in [7, 11) is 1.65. The third-order valence-corrected chi connectivity index (χ3v) is 4.88. The van der Waals surface area contributed by atoms with Crippen molar-refractivity contribution in [3.8, 4) is 11.5 Å². The standard InChI is InChI=1S/C21H23N3O3/c1-15-22-23-21(27-15)18-13-16-7-3-4-8-17(16)14-24(18)11-12-26-20-10-6-5-9-19(20)25-2/h3-10,18H,11-14H2,1-2H3/t18-/m1/s1. The predicted octanol–water partition coefficient (Wildman–Crippen LogP) is 3.57. The van der Waals surface area contributed by atoms with Gasteiger partial charge in [0.1, 0.15) is 6.61 Å². The first kappa shape index (κ1) is 17.5. The Hall–Kier alpha value is -2.86. The van der Waals surface area contributed by atoms with Gasteiger partial charge >= 0.3 is 0 Å². The van der Waals surface area contributed by atoms with Crippen molar-refractivity contribution in [2.24, 2.45) is 0 Å². The van der Waals surface area contributed by atoms with Gasteiger partial charge in [0.15, 0.2) is 11.5 Å². The van der Waals surface area contributed by atoms with E-state index in [1.165, 1.54) is 11.1 Å². The number of nitrogens with zero attached hydrogens (tertiary/aromatic N) is 3. The summed E-state index contributed by atoms with van der Waals surface area (Å²) in [5.74, 6) is 2.75. The molecule has 0 saturated heterocycles. The number of benzene rings is 2. The maximum atomic E-state index is 5.97. The van der Waals surface area contributed by atoms with Gasteiger partial charge in [-0.2, -0.15) is 0 Å². The molecule has 0 N–H and O–H groups in total. The van der Waals surface area contributed by atoms with Crippen LogP contribution in [0.15, 0.2) is 52.9 Å². The SMILES string of the molecule is COc1ccccc1OCCN1Cc2ccccc2C[C@@H]1c1nnc(C)o1. The number of methoxy groups -OCH3 is 1. The van der Waals surface area contributed by atoms with Crippen molar-refractivity contribution in [2.75, 3.05) is 20.3 Å². The monoisotopic (exact) mass is 365 g/mol. The van der Waals surface area contributed by atoms with Gasteiger partial charge in [0.05, 0.1) is 13.2 Å². The minimum Gasteiger partial charge on any atom is -0.493 e. The lowest BCUT2D eigenvalue weighted by atomic mass is 9.94. The fraction of sp³-hybridized carbons (Fsp3) is 0.333. The Morgan fingerprint density at radius 3 is 2.52 bits per heavy atom. The number of rotatable bonds is 6. The third kappa shape index (κ3) is 3.80. The smallest absolute Gasteiger partial charge is 0.233 e. The summed E-state index contributed by atoms with van der Waals surface area (Å²) in [6, 6.07) is 16.3. The molecule has 0 fully saturated rings. The second-order valence-electron chi connectivity index (χ2n) is 6.62. The zero-order valence-electron chi connectivity index (χ0n) is 15.6. The highest BCUT2D eigenvalue weighted by molar-refractivity contribution is 5.39. The van der Waals surface area contributed by atoms with Crippen LogP contribution >= 0.6 is 0 Å². The van der Waals surface area contributed by atoms with Gasteiger partial charge in [0.2, 0.25) is 11.8 Å². The summed E-state index contributed by atoms with van der Waals surface area (Å²) in [6.45, 7) is 3.95. The van der Waals surface area contributed by atoms with E-state index >= 15 is 0 Å². The van der Waals surface area contributed by atoms with Crippen LogP contribution in [0.1, 0.15) is 29.0 Å². The second-order valence-corrected chi connectivity index (χ2v) is 6.62. The Balaban J connectivity index is 1.50. The average Bonchev–Trinajstić information content (AvgIpc) is 3.14. The van der Waals surface area contributed by atoms with E-state index in [4.69, 9.17) is 13.9 Å². The molecule has 0 unspecified atom stereocenters. The van der Waals surface area contributed by atoms with Crippen molar-refractivity contribution < 1.29 is 13.9 Å². The van der Waals surface area contributed by atoms with E-state index in [9.17, 15) is 0 Å². The molecule has 2 aromatic carbocycles.